The molecule has 0 aliphatic heterocycles. The highest BCUT2D eigenvalue weighted by molar-refractivity contribution is 7.10. The fraction of sp³-hybridized carbons (Fsp3) is 0.353. The lowest BCUT2D eigenvalue weighted by atomic mass is 9.81. The van der Waals surface area contributed by atoms with E-state index < -0.39 is 0 Å². The third-order valence-electron chi connectivity index (χ3n) is 3.67. The molecule has 0 fully saturated rings. The molecule has 0 amide bonds. The molecule has 0 aliphatic rings. The number of Topliss-reactive ketones (excluding diaryl/α,β-unsaturated/α-hetero) is 1. The average Bonchev–Trinajstić information content (AvgIpc) is 2.86. The first-order chi connectivity index (χ1) is 9.13. The second-order valence-electron chi connectivity index (χ2n) is 5.08. The summed E-state index contributed by atoms with van der Waals surface area (Å²) in [6.07, 6.45) is 1.01. The smallest absolute Gasteiger partial charge is 0.171 e. The molecule has 0 aliphatic carbocycles. The van der Waals surface area contributed by atoms with Crippen molar-refractivity contribution in [3.63, 3.8) is 0 Å². The van der Waals surface area contributed by atoms with Crippen molar-refractivity contribution in [3.05, 3.63) is 57.8 Å². The van der Waals surface area contributed by atoms with Crippen LogP contribution < -0.4 is 0 Å². The Kier molecular flexibility index (Phi) is 4.54. The zero-order chi connectivity index (χ0) is 13.8. The Morgan fingerprint density at radius 3 is 2.47 bits per heavy atom. The summed E-state index contributed by atoms with van der Waals surface area (Å²) in [7, 11) is 0. The van der Waals surface area contributed by atoms with Crippen LogP contribution >= 0.6 is 11.3 Å². The Balaban J connectivity index is 2.36. The van der Waals surface area contributed by atoms with Crippen LogP contribution in [0.3, 0.4) is 0 Å². The molecule has 0 bridgehead atoms. The summed E-state index contributed by atoms with van der Waals surface area (Å²) in [6.45, 7) is 6.35. The van der Waals surface area contributed by atoms with Crippen molar-refractivity contribution in [3.8, 4) is 0 Å². The molecule has 100 valence electrons. The average molecular weight is 272 g/mol. The van der Waals surface area contributed by atoms with E-state index >= 15 is 0 Å². The Morgan fingerprint density at radius 2 is 1.95 bits per heavy atom. The predicted octanol–water partition coefficient (Wildman–Crippen LogP) is 5.07. The Labute approximate surface area is 119 Å². The van der Waals surface area contributed by atoms with Gasteiger partial charge in [0.2, 0.25) is 0 Å². The molecule has 2 aromatic rings. The van der Waals surface area contributed by atoms with Crippen molar-refractivity contribution in [2.24, 2.45) is 5.92 Å². The molecular formula is C17H20OS. The van der Waals surface area contributed by atoms with E-state index in [1.807, 2.05) is 36.6 Å². The van der Waals surface area contributed by atoms with Gasteiger partial charge in [-0.05, 0) is 24.5 Å². The lowest BCUT2D eigenvalue weighted by molar-refractivity contribution is 0.0932. The molecular weight excluding hydrogens is 252 g/mol. The number of aryl methyl sites for hydroxylation is 1. The normalized spacial score (nSPS) is 14.1. The third kappa shape index (κ3) is 3.13. The van der Waals surface area contributed by atoms with Crippen molar-refractivity contribution in [1.29, 1.82) is 0 Å². The van der Waals surface area contributed by atoms with Gasteiger partial charge >= 0.3 is 0 Å². The van der Waals surface area contributed by atoms with Gasteiger partial charge in [0, 0.05) is 21.7 Å². The number of hydrogen-bond donors (Lipinski definition) is 0. The maximum absolute atomic E-state index is 12.8. The minimum atomic E-state index is -0.0276. The van der Waals surface area contributed by atoms with Gasteiger partial charge in [0.05, 0.1) is 0 Å². The van der Waals surface area contributed by atoms with Crippen molar-refractivity contribution in [1.82, 2.24) is 0 Å². The third-order valence-corrected chi connectivity index (χ3v) is 4.53. The molecule has 19 heavy (non-hydrogen) atoms. The number of thiophene rings is 1. The minimum absolute atomic E-state index is 0.0276. The van der Waals surface area contributed by atoms with Gasteiger partial charge in [0.15, 0.2) is 5.78 Å². The zero-order valence-electron chi connectivity index (χ0n) is 11.7. The highest BCUT2D eigenvalue weighted by Gasteiger charge is 2.27. The summed E-state index contributed by atoms with van der Waals surface area (Å²) in [4.78, 5) is 14.0. The van der Waals surface area contributed by atoms with Crippen LogP contribution in [0.5, 0.6) is 0 Å². The fourth-order valence-corrected chi connectivity index (χ4v) is 3.08. The summed E-state index contributed by atoms with van der Waals surface area (Å²) in [5.74, 6) is 0.584. The van der Waals surface area contributed by atoms with Crippen LogP contribution in [-0.2, 0) is 0 Å². The summed E-state index contributed by atoms with van der Waals surface area (Å²) in [5, 5.41) is 1.98. The fourth-order valence-electron chi connectivity index (χ4n) is 2.39. The van der Waals surface area contributed by atoms with Gasteiger partial charge in [0.25, 0.3) is 0 Å². The van der Waals surface area contributed by atoms with Crippen LogP contribution in [0.1, 0.15) is 47.0 Å². The van der Waals surface area contributed by atoms with Gasteiger partial charge in [-0.15, -0.1) is 11.3 Å². The number of hydrogen-bond acceptors (Lipinski definition) is 2. The van der Waals surface area contributed by atoms with Crippen LogP contribution in [0.25, 0.3) is 0 Å². The lowest BCUT2D eigenvalue weighted by Crippen LogP contribution is -2.19. The SMILES string of the molecule is CCC(C)C(C(=O)c1csc(C)c1)c1ccccc1. The first-order valence-corrected chi connectivity index (χ1v) is 7.65. The number of carbonyl (C=O) groups is 1. The maximum atomic E-state index is 12.8. The standard InChI is InChI=1S/C17H20OS/c1-4-12(2)16(14-8-6-5-7-9-14)17(18)15-10-13(3)19-11-15/h5-12,16H,4H2,1-3H3. The van der Waals surface area contributed by atoms with E-state index in [1.54, 1.807) is 11.3 Å². The van der Waals surface area contributed by atoms with E-state index in [4.69, 9.17) is 0 Å². The Bertz CT molecular complexity index is 541. The van der Waals surface area contributed by atoms with Crippen LogP contribution in [0.2, 0.25) is 0 Å². The van der Waals surface area contributed by atoms with Crippen molar-refractivity contribution >= 4 is 17.1 Å². The first kappa shape index (κ1) is 14.0. The summed E-state index contributed by atoms with van der Waals surface area (Å²) in [6, 6.07) is 12.2. The van der Waals surface area contributed by atoms with E-state index in [2.05, 4.69) is 26.0 Å². The molecule has 1 aromatic carbocycles. The molecule has 0 N–H and O–H groups in total. The van der Waals surface area contributed by atoms with Gasteiger partial charge in [-0.3, -0.25) is 4.79 Å². The van der Waals surface area contributed by atoms with Crippen molar-refractivity contribution in [2.45, 2.75) is 33.1 Å². The second-order valence-corrected chi connectivity index (χ2v) is 6.20. The van der Waals surface area contributed by atoms with Gasteiger partial charge in [-0.1, -0.05) is 50.6 Å². The quantitative estimate of drug-likeness (QED) is 0.694. The van der Waals surface area contributed by atoms with Gasteiger partial charge in [-0.2, -0.15) is 0 Å². The molecule has 2 atom stereocenters. The molecule has 2 rings (SSSR count). The van der Waals surface area contributed by atoms with Gasteiger partial charge < -0.3 is 0 Å². The molecule has 1 nitrogen and oxygen atoms in total. The highest BCUT2D eigenvalue weighted by atomic mass is 32.1. The summed E-state index contributed by atoms with van der Waals surface area (Å²) in [5.41, 5.74) is 1.99. The summed E-state index contributed by atoms with van der Waals surface area (Å²) >= 11 is 1.64. The predicted molar refractivity (Wildman–Crippen MR) is 82.0 cm³/mol. The lowest BCUT2D eigenvalue weighted by Gasteiger charge is -2.21. The van der Waals surface area contributed by atoms with E-state index in [0.29, 0.717) is 5.92 Å². The van der Waals surface area contributed by atoms with Gasteiger partial charge in [-0.25, -0.2) is 0 Å². The number of benzene rings is 1. The minimum Gasteiger partial charge on any atom is -0.293 e. The maximum Gasteiger partial charge on any atom is 0.171 e. The Hall–Kier alpha value is -1.41. The van der Waals surface area contributed by atoms with Crippen LogP contribution in [0, 0.1) is 12.8 Å². The topological polar surface area (TPSA) is 17.1 Å². The molecule has 0 spiro atoms. The number of carbonyl (C=O) groups excluding carboxylic acids is 1. The van der Waals surface area contributed by atoms with Crippen molar-refractivity contribution in [2.75, 3.05) is 0 Å². The molecule has 0 saturated heterocycles. The van der Waals surface area contributed by atoms with E-state index in [1.165, 1.54) is 4.88 Å². The van der Waals surface area contributed by atoms with E-state index in [9.17, 15) is 4.79 Å². The highest BCUT2D eigenvalue weighted by Crippen LogP contribution is 2.31. The molecule has 0 saturated carbocycles. The zero-order valence-corrected chi connectivity index (χ0v) is 12.5. The number of rotatable bonds is 5. The molecule has 1 heterocycles. The monoisotopic (exact) mass is 272 g/mol. The summed E-state index contributed by atoms with van der Waals surface area (Å²) < 4.78 is 0. The molecule has 2 heteroatoms. The van der Waals surface area contributed by atoms with E-state index in [-0.39, 0.29) is 11.7 Å². The molecule has 2 unspecified atom stereocenters. The second kappa shape index (κ2) is 6.16. The van der Waals surface area contributed by atoms with Crippen molar-refractivity contribution < 1.29 is 4.79 Å². The van der Waals surface area contributed by atoms with Crippen LogP contribution in [0.4, 0.5) is 0 Å². The molecule has 1 aromatic heterocycles. The van der Waals surface area contributed by atoms with Crippen LogP contribution in [0.15, 0.2) is 41.8 Å². The van der Waals surface area contributed by atoms with Gasteiger partial charge in [0.1, 0.15) is 0 Å². The van der Waals surface area contributed by atoms with Crippen LogP contribution in [-0.4, -0.2) is 5.78 Å². The number of ketones is 1. The first-order valence-electron chi connectivity index (χ1n) is 6.77. The largest absolute Gasteiger partial charge is 0.293 e. The Morgan fingerprint density at radius 1 is 1.26 bits per heavy atom. The molecule has 0 radical (unpaired) electrons. The van der Waals surface area contributed by atoms with E-state index in [0.717, 1.165) is 17.5 Å².